The van der Waals surface area contributed by atoms with E-state index in [4.69, 9.17) is 4.79 Å². The number of nitrogens with zero attached hydrogens (tertiary/aromatic N) is 5. The van der Waals surface area contributed by atoms with Gasteiger partial charge >= 0.3 is 0 Å². The number of anilines is 3. The number of nitrogens with one attached hydrogen (secondary N) is 2. The molecule has 4 aromatic rings. The molecule has 2 N–H and O–H groups in total. The summed E-state index contributed by atoms with van der Waals surface area (Å²) in [5.74, 6) is 0.333. The van der Waals surface area contributed by atoms with Gasteiger partial charge < -0.3 is 20.3 Å². The van der Waals surface area contributed by atoms with Crippen molar-refractivity contribution in [2.24, 2.45) is 0 Å². The predicted molar refractivity (Wildman–Crippen MR) is 174 cm³/mol. The second kappa shape index (κ2) is 17.0. The summed E-state index contributed by atoms with van der Waals surface area (Å²) in [5.41, 5.74) is 6.08. The quantitative estimate of drug-likeness (QED) is 0.318. The minimum Gasteiger partial charge on any atom is -0.324 e. The maximum atomic E-state index is 12.9. The highest BCUT2D eigenvalue weighted by Gasteiger charge is 2.14. The number of likely N-dealkylation sites (N-methyl/N-ethyl adjacent to an activating group) is 1. The van der Waals surface area contributed by atoms with Crippen molar-refractivity contribution in [3.8, 4) is 11.3 Å². The zero-order valence-corrected chi connectivity index (χ0v) is 25.9. The number of hydrogen-bond donors (Lipinski definition) is 2. The number of amides is 1. The van der Waals surface area contributed by atoms with Gasteiger partial charge in [-0.3, -0.25) is 18.9 Å². The van der Waals surface area contributed by atoms with Gasteiger partial charge in [0.15, 0.2) is 0 Å². The summed E-state index contributed by atoms with van der Waals surface area (Å²) in [6, 6.07) is 19.3. The largest absolute Gasteiger partial charge is 0.324 e. The van der Waals surface area contributed by atoms with E-state index in [2.05, 4.69) is 42.4 Å². The molecule has 10 nitrogen and oxygen atoms in total. The van der Waals surface area contributed by atoms with Crippen LogP contribution in [0.25, 0.3) is 11.3 Å². The lowest BCUT2D eigenvalue weighted by atomic mass is 10.1. The van der Waals surface area contributed by atoms with Crippen molar-refractivity contribution >= 4 is 40.8 Å². The molecule has 0 spiro atoms. The number of aromatic nitrogens is 3. The summed E-state index contributed by atoms with van der Waals surface area (Å²) in [6.07, 6.45) is 8.49. The molecule has 226 valence electrons. The summed E-state index contributed by atoms with van der Waals surface area (Å²) in [4.78, 5) is 38.9. The third-order valence-corrected chi connectivity index (χ3v) is 6.57. The van der Waals surface area contributed by atoms with Crippen molar-refractivity contribution in [1.29, 1.82) is 0 Å². The van der Waals surface area contributed by atoms with Crippen LogP contribution in [0, 0.1) is 6.92 Å². The number of piperazine rings is 1. The zero-order chi connectivity index (χ0) is 31.2. The Morgan fingerprint density at radius 2 is 1.67 bits per heavy atom. The lowest BCUT2D eigenvalue weighted by molar-refractivity contribution is -0.0980. The van der Waals surface area contributed by atoms with Crippen LogP contribution in [0.4, 0.5) is 17.3 Å². The van der Waals surface area contributed by atoms with Gasteiger partial charge in [0.1, 0.15) is 6.79 Å². The van der Waals surface area contributed by atoms with E-state index >= 15 is 0 Å². The lowest BCUT2D eigenvalue weighted by Crippen LogP contribution is -2.43. The van der Waals surface area contributed by atoms with E-state index in [1.165, 1.54) is 5.56 Å². The molecule has 1 fully saturated rings. The minimum atomic E-state index is -0.611. The smallest absolute Gasteiger partial charge is 0.255 e. The number of benzene rings is 2. The SMILES string of the molecule is C=O.CS(C)=O.Cc1ccc(NC(=O)c2ccc(CN3CCN(C)CC3)cc2)cc1Nc1nccc(-c2cccnc2)n1. The lowest BCUT2D eigenvalue weighted by Gasteiger charge is -2.32. The van der Waals surface area contributed by atoms with Crippen molar-refractivity contribution in [3.05, 3.63) is 95.9 Å². The van der Waals surface area contributed by atoms with Crippen LogP contribution in [-0.2, 0) is 22.1 Å². The Morgan fingerprint density at radius 1 is 0.977 bits per heavy atom. The molecule has 0 saturated carbocycles. The van der Waals surface area contributed by atoms with Crippen LogP contribution in [-0.4, -0.2) is 87.4 Å². The number of aryl methyl sites for hydroxylation is 1. The Hall–Kier alpha value is -4.32. The van der Waals surface area contributed by atoms with Gasteiger partial charge in [0.25, 0.3) is 5.91 Å². The second-order valence-corrected chi connectivity index (χ2v) is 11.6. The van der Waals surface area contributed by atoms with Gasteiger partial charge in [0.2, 0.25) is 5.95 Å². The Kier molecular flexibility index (Phi) is 13.1. The number of hydrogen-bond acceptors (Lipinski definition) is 9. The predicted octanol–water partition coefficient (Wildman–Crippen LogP) is 4.40. The van der Waals surface area contributed by atoms with E-state index in [-0.39, 0.29) is 5.91 Å². The van der Waals surface area contributed by atoms with Crippen LogP contribution in [0.2, 0.25) is 0 Å². The van der Waals surface area contributed by atoms with Gasteiger partial charge in [0.05, 0.1) is 5.69 Å². The van der Waals surface area contributed by atoms with Crippen molar-refractivity contribution in [3.63, 3.8) is 0 Å². The molecule has 2 aromatic heterocycles. The monoisotopic (exact) mass is 601 g/mol. The first-order valence-corrected chi connectivity index (χ1v) is 15.7. The molecule has 5 rings (SSSR count). The molecular weight excluding hydrogens is 562 g/mol. The zero-order valence-electron chi connectivity index (χ0n) is 25.1. The van der Waals surface area contributed by atoms with Gasteiger partial charge in [0, 0.05) is 97.1 Å². The summed E-state index contributed by atoms with van der Waals surface area (Å²) in [7, 11) is 1.55. The number of rotatable bonds is 7. The standard InChI is InChI=1S/C29H31N7O.C2H6OS.CH2O/c1-21-5-10-25(18-27(21)34-29-31-13-11-26(33-29)24-4-3-12-30-19-24)32-28(37)23-8-6-22(7-9-23)20-36-16-14-35(2)15-17-36;1-4(2)3;1-2/h3-13,18-19H,14-17,20H2,1-2H3,(H,32,37)(H,31,33,34);1-2H3;1H2. The van der Waals surface area contributed by atoms with Gasteiger partial charge in [-0.2, -0.15) is 0 Å². The molecule has 1 aliphatic heterocycles. The fourth-order valence-corrected chi connectivity index (χ4v) is 4.28. The van der Waals surface area contributed by atoms with Crippen LogP contribution < -0.4 is 10.6 Å². The van der Waals surface area contributed by atoms with Gasteiger partial charge in [-0.1, -0.05) is 18.2 Å². The average molecular weight is 602 g/mol. The van der Waals surface area contributed by atoms with Crippen LogP contribution in [0.5, 0.6) is 0 Å². The average Bonchev–Trinajstić information content (AvgIpc) is 3.02. The molecule has 2 aromatic carbocycles. The van der Waals surface area contributed by atoms with Crippen LogP contribution in [0.3, 0.4) is 0 Å². The van der Waals surface area contributed by atoms with Crippen molar-refractivity contribution in [1.82, 2.24) is 24.8 Å². The molecular formula is C32H39N7O3S. The maximum Gasteiger partial charge on any atom is 0.255 e. The van der Waals surface area contributed by atoms with E-state index in [1.807, 2.05) is 74.4 Å². The maximum absolute atomic E-state index is 12.9. The molecule has 11 heteroatoms. The summed E-state index contributed by atoms with van der Waals surface area (Å²) < 4.78 is 9.56. The number of carbonyl (C=O) groups is 2. The van der Waals surface area contributed by atoms with E-state index in [0.717, 1.165) is 55.2 Å². The molecule has 0 aliphatic carbocycles. The van der Waals surface area contributed by atoms with E-state index in [9.17, 15) is 9.00 Å². The summed E-state index contributed by atoms with van der Waals surface area (Å²) in [6.45, 7) is 9.24. The first-order valence-electron chi connectivity index (χ1n) is 13.7. The fraction of sp³-hybridized carbons (Fsp3) is 0.281. The van der Waals surface area contributed by atoms with Crippen molar-refractivity contribution in [2.45, 2.75) is 13.5 Å². The van der Waals surface area contributed by atoms with Gasteiger partial charge in [-0.25, -0.2) is 9.97 Å². The number of pyridine rings is 1. The Balaban J connectivity index is 0.000000780. The minimum absolute atomic E-state index is 0.143. The van der Waals surface area contributed by atoms with E-state index in [1.54, 1.807) is 31.1 Å². The van der Waals surface area contributed by atoms with E-state index in [0.29, 0.717) is 17.2 Å². The molecule has 1 amide bonds. The molecule has 0 atom stereocenters. The normalized spacial score (nSPS) is 13.2. The second-order valence-electron chi connectivity index (χ2n) is 10.1. The number of carbonyl (C=O) groups excluding carboxylic acids is 2. The molecule has 1 aliphatic rings. The Bertz CT molecular complexity index is 1470. The molecule has 0 radical (unpaired) electrons. The van der Waals surface area contributed by atoms with E-state index < -0.39 is 10.8 Å². The topological polar surface area (TPSA) is 120 Å². The molecule has 0 bridgehead atoms. The Labute approximate surface area is 256 Å². The Morgan fingerprint density at radius 3 is 2.33 bits per heavy atom. The summed E-state index contributed by atoms with van der Waals surface area (Å²) >= 11 is 0. The van der Waals surface area contributed by atoms with Crippen molar-refractivity contribution in [2.75, 3.05) is 56.4 Å². The highest BCUT2D eigenvalue weighted by Crippen LogP contribution is 2.24. The molecule has 0 unspecified atom stereocenters. The van der Waals surface area contributed by atoms with Crippen molar-refractivity contribution < 1.29 is 13.8 Å². The third kappa shape index (κ3) is 10.8. The fourth-order valence-electron chi connectivity index (χ4n) is 4.28. The highest BCUT2D eigenvalue weighted by atomic mass is 32.2. The van der Waals surface area contributed by atoms with Crippen LogP contribution >= 0.6 is 0 Å². The van der Waals surface area contributed by atoms with Gasteiger partial charge in [-0.15, -0.1) is 0 Å². The molecule has 3 heterocycles. The third-order valence-electron chi connectivity index (χ3n) is 6.57. The molecule has 1 saturated heterocycles. The summed E-state index contributed by atoms with van der Waals surface area (Å²) in [5, 5.41) is 6.29. The first-order chi connectivity index (χ1) is 20.8. The highest BCUT2D eigenvalue weighted by molar-refractivity contribution is 7.83. The van der Waals surface area contributed by atoms with Crippen LogP contribution in [0.1, 0.15) is 21.5 Å². The molecule has 43 heavy (non-hydrogen) atoms. The first kappa shape index (κ1) is 33.2. The van der Waals surface area contributed by atoms with Crippen LogP contribution in [0.15, 0.2) is 79.3 Å². The van der Waals surface area contributed by atoms with Gasteiger partial charge in [-0.05, 0) is 67.6 Å².